The van der Waals surface area contributed by atoms with Crippen LogP contribution in [0.4, 0.5) is 4.79 Å². The third-order valence-corrected chi connectivity index (χ3v) is 6.11. The molecule has 0 spiro atoms. The van der Waals surface area contributed by atoms with Crippen LogP contribution in [0.2, 0.25) is 5.02 Å². The van der Waals surface area contributed by atoms with E-state index in [0.29, 0.717) is 18.4 Å². The number of carbonyl (C=O) groups excluding carboxylic acids is 1. The molecule has 3 rings (SSSR count). The lowest BCUT2D eigenvalue weighted by atomic mass is 9.89. The molecule has 0 bridgehead atoms. The molecule has 0 N–H and O–H groups in total. The van der Waals surface area contributed by atoms with Gasteiger partial charge in [-0.15, -0.1) is 0 Å². The molecule has 1 aromatic carbocycles. The molecule has 0 radical (unpaired) electrons. The number of rotatable bonds is 6. The summed E-state index contributed by atoms with van der Waals surface area (Å²) in [5.74, 6) is 1.92. The van der Waals surface area contributed by atoms with Crippen molar-refractivity contribution >= 4 is 17.7 Å². The highest BCUT2D eigenvalue weighted by atomic mass is 35.5. The first kappa shape index (κ1) is 20.3. The van der Waals surface area contributed by atoms with E-state index in [1.807, 2.05) is 30.9 Å². The minimum Gasteiger partial charge on any atom is -0.497 e. The van der Waals surface area contributed by atoms with Crippen LogP contribution in [0.15, 0.2) is 18.2 Å². The van der Waals surface area contributed by atoms with Crippen molar-refractivity contribution in [3.63, 3.8) is 0 Å². The number of hydrogen-bond donors (Lipinski definition) is 0. The van der Waals surface area contributed by atoms with Crippen molar-refractivity contribution in [2.75, 3.05) is 39.9 Å². The molecule has 6 heteroatoms. The van der Waals surface area contributed by atoms with Gasteiger partial charge >= 0.3 is 6.09 Å². The molecule has 150 valence electrons. The van der Waals surface area contributed by atoms with Gasteiger partial charge in [-0.05, 0) is 75.9 Å². The summed E-state index contributed by atoms with van der Waals surface area (Å²) in [5.41, 5.74) is 1.18. The summed E-state index contributed by atoms with van der Waals surface area (Å²) in [6.45, 7) is 8.62. The number of piperidine rings is 1. The number of methoxy groups -OCH3 is 1. The van der Waals surface area contributed by atoms with Gasteiger partial charge in [0.25, 0.3) is 0 Å². The van der Waals surface area contributed by atoms with Gasteiger partial charge in [-0.2, -0.15) is 0 Å². The third-order valence-electron chi connectivity index (χ3n) is 5.74. The van der Waals surface area contributed by atoms with Gasteiger partial charge in [-0.1, -0.05) is 11.6 Å². The maximum Gasteiger partial charge on any atom is 0.410 e. The molecule has 2 saturated heterocycles. The van der Waals surface area contributed by atoms with Gasteiger partial charge < -0.3 is 19.3 Å². The van der Waals surface area contributed by atoms with Crippen molar-refractivity contribution in [1.29, 1.82) is 0 Å². The van der Waals surface area contributed by atoms with Gasteiger partial charge in [-0.25, -0.2) is 4.79 Å². The van der Waals surface area contributed by atoms with E-state index in [1.54, 1.807) is 7.11 Å². The van der Waals surface area contributed by atoms with Gasteiger partial charge in [0, 0.05) is 30.1 Å². The fraction of sp³-hybridized carbons (Fsp3) is 0.667. The molecule has 1 amide bonds. The number of likely N-dealkylation sites (tertiary alicyclic amines) is 1. The summed E-state index contributed by atoms with van der Waals surface area (Å²) in [6.07, 6.45) is 3.18. The van der Waals surface area contributed by atoms with E-state index in [9.17, 15) is 4.79 Å². The topological polar surface area (TPSA) is 42.0 Å². The molecule has 1 unspecified atom stereocenters. The second-order valence-electron chi connectivity index (χ2n) is 8.09. The van der Waals surface area contributed by atoms with Crippen LogP contribution < -0.4 is 4.74 Å². The molecule has 0 aromatic heterocycles. The molecule has 2 heterocycles. The van der Waals surface area contributed by atoms with E-state index >= 15 is 0 Å². The molecule has 2 fully saturated rings. The molecule has 1 atom stereocenters. The molecule has 0 saturated carbocycles. The lowest BCUT2D eigenvalue weighted by molar-refractivity contribution is 0.0171. The maximum atomic E-state index is 11.8. The van der Waals surface area contributed by atoms with Crippen LogP contribution in [0, 0.1) is 11.8 Å². The van der Waals surface area contributed by atoms with Crippen LogP contribution in [0.25, 0.3) is 0 Å². The predicted molar refractivity (Wildman–Crippen MR) is 108 cm³/mol. The normalized spacial score (nSPS) is 22.2. The monoisotopic (exact) mass is 394 g/mol. The van der Waals surface area contributed by atoms with Crippen molar-refractivity contribution < 1.29 is 14.3 Å². The fourth-order valence-electron chi connectivity index (χ4n) is 4.09. The van der Waals surface area contributed by atoms with E-state index in [0.717, 1.165) is 43.4 Å². The highest BCUT2D eigenvalue weighted by Crippen LogP contribution is 2.29. The Labute approximate surface area is 167 Å². The fourth-order valence-corrected chi connectivity index (χ4v) is 4.29. The van der Waals surface area contributed by atoms with Gasteiger partial charge in [0.1, 0.15) is 5.75 Å². The Hall–Kier alpha value is -1.46. The largest absolute Gasteiger partial charge is 0.497 e. The lowest BCUT2D eigenvalue weighted by Crippen LogP contribution is -2.50. The first-order chi connectivity index (χ1) is 13.0. The van der Waals surface area contributed by atoms with Crippen LogP contribution in [-0.2, 0) is 11.2 Å². The molecular weight excluding hydrogens is 364 g/mol. The average molecular weight is 395 g/mol. The Morgan fingerprint density at radius 2 is 2.00 bits per heavy atom. The smallest absolute Gasteiger partial charge is 0.410 e. The summed E-state index contributed by atoms with van der Waals surface area (Å²) in [6, 6.07) is 6.09. The summed E-state index contributed by atoms with van der Waals surface area (Å²) < 4.78 is 10.7. The predicted octanol–water partition coefficient (Wildman–Crippen LogP) is 4.08. The van der Waals surface area contributed by atoms with Crippen molar-refractivity contribution in [2.24, 2.45) is 11.8 Å². The minimum atomic E-state index is -0.171. The number of ether oxygens (including phenoxy) is 2. The number of amides is 1. The third kappa shape index (κ3) is 5.29. The number of cyclic esters (lactones) is 1. The zero-order chi connectivity index (χ0) is 19.4. The first-order valence-corrected chi connectivity index (χ1v) is 10.3. The summed E-state index contributed by atoms with van der Waals surface area (Å²) in [7, 11) is 1.69. The quantitative estimate of drug-likeness (QED) is 0.729. The van der Waals surface area contributed by atoms with E-state index < -0.39 is 0 Å². The second-order valence-corrected chi connectivity index (χ2v) is 8.50. The standard InChI is InChI=1S/C21H31ClN2O3/c1-15(2)24-13-17(14-27-21(24)25)12-23-8-6-16(7-9-23)10-18-11-19(26-3)4-5-20(18)22/h4-5,11,15-17H,6-10,12-14H2,1-3H3. The minimum absolute atomic E-state index is 0.171. The molecule has 0 aliphatic carbocycles. The molecule has 5 nitrogen and oxygen atoms in total. The second kappa shape index (κ2) is 9.16. The van der Waals surface area contributed by atoms with E-state index in [1.165, 1.54) is 18.4 Å². The zero-order valence-corrected chi connectivity index (χ0v) is 17.4. The molecule has 2 aliphatic rings. The van der Waals surface area contributed by atoms with Crippen molar-refractivity contribution in [3.05, 3.63) is 28.8 Å². The molecule has 2 aliphatic heterocycles. The average Bonchev–Trinajstić information content (AvgIpc) is 2.66. The lowest BCUT2D eigenvalue weighted by Gasteiger charge is -2.39. The Kier molecular flexibility index (Phi) is 6.88. The molecule has 1 aromatic rings. The number of carbonyl (C=O) groups is 1. The SMILES string of the molecule is COc1ccc(Cl)c(CC2CCN(CC3COC(=O)N(C(C)C)C3)CC2)c1. The Morgan fingerprint density at radius 1 is 1.26 bits per heavy atom. The van der Waals surface area contributed by atoms with E-state index in [4.69, 9.17) is 21.1 Å². The van der Waals surface area contributed by atoms with Crippen molar-refractivity contribution in [1.82, 2.24) is 9.80 Å². The highest BCUT2D eigenvalue weighted by Gasteiger charge is 2.31. The Balaban J connectivity index is 1.47. The number of halogens is 1. The van der Waals surface area contributed by atoms with E-state index in [2.05, 4.69) is 11.0 Å². The summed E-state index contributed by atoms with van der Waals surface area (Å²) in [4.78, 5) is 16.2. The highest BCUT2D eigenvalue weighted by molar-refractivity contribution is 6.31. The van der Waals surface area contributed by atoms with Gasteiger partial charge in [0.2, 0.25) is 0 Å². The summed E-state index contributed by atoms with van der Waals surface area (Å²) in [5, 5.41) is 0.830. The van der Waals surface area contributed by atoms with Crippen molar-refractivity contribution in [2.45, 2.75) is 39.2 Å². The van der Waals surface area contributed by atoms with E-state index in [-0.39, 0.29) is 12.1 Å². The number of hydrogen-bond acceptors (Lipinski definition) is 4. The van der Waals surface area contributed by atoms with Crippen molar-refractivity contribution in [3.8, 4) is 5.75 Å². The Morgan fingerprint density at radius 3 is 2.67 bits per heavy atom. The van der Waals surface area contributed by atoms with Crippen LogP contribution >= 0.6 is 11.6 Å². The maximum absolute atomic E-state index is 11.8. The Bertz CT molecular complexity index is 644. The van der Waals surface area contributed by atoms with Crippen LogP contribution in [0.1, 0.15) is 32.3 Å². The summed E-state index contributed by atoms with van der Waals surface area (Å²) >= 11 is 6.37. The first-order valence-electron chi connectivity index (χ1n) is 9.94. The van der Waals surface area contributed by atoms with Crippen LogP contribution in [-0.4, -0.2) is 61.8 Å². The number of nitrogens with zero attached hydrogens (tertiary/aromatic N) is 2. The molecule has 27 heavy (non-hydrogen) atoms. The van der Waals surface area contributed by atoms with Gasteiger partial charge in [0.15, 0.2) is 0 Å². The van der Waals surface area contributed by atoms with Gasteiger partial charge in [0.05, 0.1) is 13.7 Å². The number of benzene rings is 1. The zero-order valence-electron chi connectivity index (χ0n) is 16.6. The van der Waals surface area contributed by atoms with Gasteiger partial charge in [-0.3, -0.25) is 0 Å². The van der Waals surface area contributed by atoms with Crippen LogP contribution in [0.5, 0.6) is 5.75 Å². The van der Waals surface area contributed by atoms with Crippen LogP contribution in [0.3, 0.4) is 0 Å². The molecular formula is C21H31ClN2O3.